The molecule has 1 aliphatic rings. The van der Waals surface area contributed by atoms with Crippen molar-refractivity contribution in [3.63, 3.8) is 0 Å². The number of halogens is 2. The Morgan fingerprint density at radius 1 is 1.40 bits per heavy atom. The molecule has 0 spiro atoms. The highest BCUT2D eigenvalue weighted by atomic mass is 79.9. The molecule has 0 amide bonds. The molecule has 2 rings (SSSR count). The Morgan fingerprint density at radius 2 is 2.07 bits per heavy atom. The Morgan fingerprint density at radius 3 is 2.60 bits per heavy atom. The Hall–Kier alpha value is -0.250. The molecule has 4 heteroatoms. The lowest BCUT2D eigenvalue weighted by atomic mass is 9.90. The molecule has 15 heavy (non-hydrogen) atoms. The van der Waals surface area contributed by atoms with Crippen molar-refractivity contribution in [1.82, 2.24) is 0 Å². The van der Waals surface area contributed by atoms with Crippen LogP contribution in [-0.4, -0.2) is 12.1 Å². The van der Waals surface area contributed by atoms with E-state index in [1.54, 1.807) is 0 Å². The van der Waals surface area contributed by atoms with Crippen LogP contribution in [0.4, 0.5) is 0 Å². The molecule has 0 aliphatic heterocycles. The van der Waals surface area contributed by atoms with Crippen molar-refractivity contribution >= 4 is 28.3 Å². The lowest BCUT2D eigenvalue weighted by Crippen LogP contribution is -2.43. The van der Waals surface area contributed by atoms with Crippen molar-refractivity contribution in [2.45, 2.75) is 31.9 Å². The molecule has 0 radical (unpaired) electrons. The molecule has 0 unspecified atom stereocenters. The molecule has 1 fully saturated rings. The van der Waals surface area contributed by atoms with Gasteiger partial charge in [0.1, 0.15) is 11.9 Å². The van der Waals surface area contributed by atoms with Crippen LogP contribution in [-0.2, 0) is 0 Å². The van der Waals surface area contributed by atoms with Gasteiger partial charge >= 0.3 is 0 Å². The molecule has 0 atom stereocenters. The minimum atomic E-state index is 0. The summed E-state index contributed by atoms with van der Waals surface area (Å²) in [5, 5.41) is 0. The molecule has 1 saturated carbocycles. The molecule has 1 aromatic rings. The van der Waals surface area contributed by atoms with Gasteiger partial charge in [-0.05, 0) is 43.5 Å². The van der Waals surface area contributed by atoms with Crippen molar-refractivity contribution < 1.29 is 4.74 Å². The SMILES string of the molecule is Cc1cc(OC2CC(N)C2)ccc1Br.Cl. The Kier molecular flexibility index (Phi) is 4.44. The molecule has 0 aromatic heterocycles. The fourth-order valence-corrected chi connectivity index (χ4v) is 1.83. The van der Waals surface area contributed by atoms with Crippen LogP contribution in [0.5, 0.6) is 5.75 Å². The normalized spacial score (nSPS) is 23.9. The average Bonchev–Trinajstić information content (AvgIpc) is 2.09. The maximum atomic E-state index is 5.76. The van der Waals surface area contributed by atoms with E-state index in [1.807, 2.05) is 18.2 Å². The second-order valence-corrected chi connectivity index (χ2v) is 4.74. The topological polar surface area (TPSA) is 35.2 Å². The summed E-state index contributed by atoms with van der Waals surface area (Å²) >= 11 is 3.46. The molecule has 0 heterocycles. The zero-order chi connectivity index (χ0) is 10.1. The molecule has 84 valence electrons. The summed E-state index contributed by atoms with van der Waals surface area (Å²) in [5.41, 5.74) is 6.89. The number of ether oxygens (including phenoxy) is 1. The number of hydrogen-bond acceptors (Lipinski definition) is 2. The quantitative estimate of drug-likeness (QED) is 0.909. The highest BCUT2D eigenvalue weighted by Gasteiger charge is 2.27. The molecule has 1 aromatic carbocycles. The van der Waals surface area contributed by atoms with E-state index < -0.39 is 0 Å². The van der Waals surface area contributed by atoms with Crippen LogP contribution in [0, 0.1) is 6.92 Å². The van der Waals surface area contributed by atoms with E-state index in [9.17, 15) is 0 Å². The van der Waals surface area contributed by atoms with Gasteiger partial charge in [-0.15, -0.1) is 12.4 Å². The molecule has 1 aliphatic carbocycles. The lowest BCUT2D eigenvalue weighted by molar-refractivity contribution is 0.101. The van der Waals surface area contributed by atoms with Gasteiger partial charge in [0.15, 0.2) is 0 Å². The van der Waals surface area contributed by atoms with E-state index >= 15 is 0 Å². The fourth-order valence-electron chi connectivity index (χ4n) is 1.59. The predicted octanol–water partition coefficient (Wildman–Crippen LogP) is 3.05. The monoisotopic (exact) mass is 291 g/mol. The van der Waals surface area contributed by atoms with Gasteiger partial charge in [-0.3, -0.25) is 0 Å². The zero-order valence-electron chi connectivity index (χ0n) is 8.57. The number of aryl methyl sites for hydroxylation is 1. The van der Waals surface area contributed by atoms with Crippen molar-refractivity contribution in [1.29, 1.82) is 0 Å². The van der Waals surface area contributed by atoms with E-state index in [-0.39, 0.29) is 12.4 Å². The first-order valence-electron chi connectivity index (χ1n) is 4.83. The van der Waals surface area contributed by atoms with Gasteiger partial charge in [-0.25, -0.2) is 0 Å². The first-order chi connectivity index (χ1) is 6.65. The fraction of sp³-hybridized carbons (Fsp3) is 0.455. The Bertz CT molecular complexity index is 339. The van der Waals surface area contributed by atoms with E-state index in [2.05, 4.69) is 22.9 Å². The minimum absolute atomic E-state index is 0. The highest BCUT2D eigenvalue weighted by Crippen LogP contribution is 2.27. The second kappa shape index (κ2) is 5.19. The van der Waals surface area contributed by atoms with Gasteiger partial charge in [0.2, 0.25) is 0 Å². The zero-order valence-corrected chi connectivity index (χ0v) is 11.0. The van der Waals surface area contributed by atoms with E-state index in [0.717, 1.165) is 23.1 Å². The van der Waals surface area contributed by atoms with E-state index in [4.69, 9.17) is 10.5 Å². The largest absolute Gasteiger partial charge is 0.490 e. The Labute approximate surface area is 105 Å². The van der Waals surface area contributed by atoms with E-state index in [1.165, 1.54) is 5.56 Å². The van der Waals surface area contributed by atoms with Gasteiger partial charge in [0, 0.05) is 10.5 Å². The third-order valence-corrected chi connectivity index (χ3v) is 3.45. The summed E-state index contributed by atoms with van der Waals surface area (Å²) in [6, 6.07) is 6.40. The summed E-state index contributed by atoms with van der Waals surface area (Å²) in [6.07, 6.45) is 2.29. The average molecular weight is 293 g/mol. The van der Waals surface area contributed by atoms with Gasteiger partial charge in [-0.1, -0.05) is 15.9 Å². The summed E-state index contributed by atoms with van der Waals surface area (Å²) in [5.74, 6) is 0.947. The van der Waals surface area contributed by atoms with Crippen LogP contribution in [0.1, 0.15) is 18.4 Å². The number of rotatable bonds is 2. The predicted molar refractivity (Wildman–Crippen MR) is 67.8 cm³/mol. The molecular formula is C11H15BrClNO. The third kappa shape index (κ3) is 3.10. The lowest BCUT2D eigenvalue weighted by Gasteiger charge is -2.32. The summed E-state index contributed by atoms with van der Waals surface area (Å²) in [7, 11) is 0. The van der Waals surface area contributed by atoms with Gasteiger partial charge in [0.25, 0.3) is 0 Å². The first kappa shape index (κ1) is 12.8. The van der Waals surface area contributed by atoms with Crippen molar-refractivity contribution in [2.24, 2.45) is 5.73 Å². The summed E-state index contributed by atoms with van der Waals surface area (Å²) in [6.45, 7) is 2.06. The number of nitrogens with two attached hydrogens (primary N) is 1. The molecule has 2 nitrogen and oxygen atoms in total. The van der Waals surface area contributed by atoms with Crippen molar-refractivity contribution in [3.8, 4) is 5.75 Å². The smallest absolute Gasteiger partial charge is 0.120 e. The maximum absolute atomic E-state index is 5.76. The summed E-state index contributed by atoms with van der Waals surface area (Å²) in [4.78, 5) is 0. The van der Waals surface area contributed by atoms with Crippen LogP contribution < -0.4 is 10.5 Å². The van der Waals surface area contributed by atoms with Crippen LogP contribution in [0.3, 0.4) is 0 Å². The van der Waals surface area contributed by atoms with E-state index in [0.29, 0.717) is 12.1 Å². The van der Waals surface area contributed by atoms with Crippen molar-refractivity contribution in [2.75, 3.05) is 0 Å². The highest BCUT2D eigenvalue weighted by molar-refractivity contribution is 9.10. The van der Waals surface area contributed by atoms with Crippen LogP contribution in [0.2, 0.25) is 0 Å². The van der Waals surface area contributed by atoms with Gasteiger partial charge in [0.05, 0.1) is 0 Å². The molecular weight excluding hydrogens is 277 g/mol. The number of benzene rings is 1. The van der Waals surface area contributed by atoms with Crippen molar-refractivity contribution in [3.05, 3.63) is 28.2 Å². The Balaban J connectivity index is 0.00000112. The summed E-state index contributed by atoms with van der Waals surface area (Å²) < 4.78 is 6.88. The molecule has 0 bridgehead atoms. The van der Waals surface area contributed by atoms with Crippen LogP contribution in [0.25, 0.3) is 0 Å². The number of hydrogen-bond donors (Lipinski definition) is 1. The molecule has 2 N–H and O–H groups in total. The van der Waals surface area contributed by atoms with Gasteiger partial charge in [-0.2, -0.15) is 0 Å². The second-order valence-electron chi connectivity index (χ2n) is 3.88. The third-order valence-electron chi connectivity index (χ3n) is 2.56. The maximum Gasteiger partial charge on any atom is 0.120 e. The first-order valence-corrected chi connectivity index (χ1v) is 5.63. The minimum Gasteiger partial charge on any atom is -0.490 e. The standard InChI is InChI=1S/C11H14BrNO.ClH/c1-7-4-9(2-3-11(7)12)14-10-5-8(13)6-10;/h2-4,8,10H,5-6,13H2,1H3;1H. The van der Waals surface area contributed by atoms with Crippen LogP contribution in [0.15, 0.2) is 22.7 Å². The van der Waals surface area contributed by atoms with Gasteiger partial charge < -0.3 is 10.5 Å². The molecule has 0 saturated heterocycles. The van der Waals surface area contributed by atoms with Crippen LogP contribution >= 0.6 is 28.3 Å².